The monoisotopic (exact) mass is 726 g/mol. The molecule has 1 rings (SSSR count). The molecule has 4 atom stereocenters. The van der Waals surface area contributed by atoms with Crippen LogP contribution in [0.4, 0.5) is 0 Å². The van der Waals surface area contributed by atoms with Gasteiger partial charge in [-0.3, -0.25) is 22.8 Å². The van der Waals surface area contributed by atoms with Gasteiger partial charge in [0.05, 0.1) is 33.0 Å². The molecule has 1 aliphatic heterocycles. The van der Waals surface area contributed by atoms with Crippen LogP contribution in [-0.4, -0.2) is 97.1 Å². The molecule has 0 aromatic heterocycles. The lowest BCUT2D eigenvalue weighted by Gasteiger charge is -2.21. The molecule has 43 heavy (non-hydrogen) atoms. The summed E-state index contributed by atoms with van der Waals surface area (Å²) in [6.07, 6.45) is 3.27. The van der Waals surface area contributed by atoms with E-state index in [2.05, 4.69) is 4.52 Å². The van der Waals surface area contributed by atoms with Gasteiger partial charge >= 0.3 is 7.60 Å². The van der Waals surface area contributed by atoms with Gasteiger partial charge in [0, 0.05) is 64.1 Å². The molecule has 0 radical (unpaired) electrons. The molecule has 1 aliphatic rings. The standard InChI is InChI=1S/C6H15O2P.C5H11O3P.2C5H13O2P.C4H11O2P.2CH4/c1-5-8-9(4,7)6(2)3;1-2-9(6)7-4-3-5-8-9;2*1-4-7-8(3,6)5-2;1-4-7(3,5)6-2;;/h6H,5H2,1-4H3;2-5H2,1H3;2*4-5H2,1-3H3;4H2,1-3H3;2*1H4. The minimum Gasteiger partial charge on any atom is -0.332 e. The summed E-state index contributed by atoms with van der Waals surface area (Å²) >= 11 is 0. The summed E-state index contributed by atoms with van der Waals surface area (Å²) in [5.74, 6) is 0. The van der Waals surface area contributed by atoms with Crippen molar-refractivity contribution in [3.05, 3.63) is 0 Å². The molecule has 0 bridgehead atoms. The van der Waals surface area contributed by atoms with Crippen LogP contribution < -0.4 is 0 Å². The number of hydrogen-bond acceptors (Lipinski definition) is 11. The smallest absolute Gasteiger partial charge is 0.330 e. The lowest BCUT2D eigenvalue weighted by Crippen LogP contribution is -2.08. The highest BCUT2D eigenvalue weighted by molar-refractivity contribution is 7.59. The lowest BCUT2D eigenvalue weighted by atomic mass is 10.5. The second-order valence-corrected chi connectivity index (χ2v) is 23.7. The van der Waals surface area contributed by atoms with E-state index in [0.717, 1.165) is 6.42 Å². The van der Waals surface area contributed by atoms with Gasteiger partial charge in [0.1, 0.15) is 0 Å². The van der Waals surface area contributed by atoms with Crippen LogP contribution in [0.3, 0.4) is 0 Å². The molecular formula is C27H71O11P5. The molecule has 0 aromatic rings. The number of hydrogen-bond donors (Lipinski definition) is 0. The Balaban J connectivity index is -0.0000000987. The van der Waals surface area contributed by atoms with E-state index in [1.165, 1.54) is 7.11 Å². The Hall–Kier alpha value is 0.910. The lowest BCUT2D eigenvalue weighted by molar-refractivity contribution is 0.147. The summed E-state index contributed by atoms with van der Waals surface area (Å²) in [6, 6.07) is 0. The Morgan fingerprint density at radius 3 is 1.09 bits per heavy atom. The van der Waals surface area contributed by atoms with Crippen LogP contribution in [0.15, 0.2) is 0 Å². The summed E-state index contributed by atoms with van der Waals surface area (Å²) in [7, 11) is -9.88. The maximum Gasteiger partial charge on any atom is 0.330 e. The highest BCUT2D eigenvalue weighted by Gasteiger charge is 2.24. The molecule has 1 fully saturated rings. The van der Waals surface area contributed by atoms with Gasteiger partial charge in [-0.15, -0.1) is 0 Å². The van der Waals surface area contributed by atoms with Crippen LogP contribution in [0.5, 0.6) is 0 Å². The minimum atomic E-state index is -2.59. The molecule has 1 heterocycles. The van der Waals surface area contributed by atoms with Crippen molar-refractivity contribution < 1.29 is 50.0 Å². The summed E-state index contributed by atoms with van der Waals surface area (Å²) in [5.41, 5.74) is 0.150. The van der Waals surface area contributed by atoms with Crippen molar-refractivity contribution in [1.82, 2.24) is 0 Å². The highest BCUT2D eigenvalue weighted by Crippen LogP contribution is 2.50. The van der Waals surface area contributed by atoms with E-state index in [0.29, 0.717) is 57.7 Å². The first-order chi connectivity index (χ1) is 18.6. The van der Waals surface area contributed by atoms with Crippen LogP contribution in [-0.2, 0) is 50.0 Å². The second-order valence-electron chi connectivity index (χ2n) is 9.38. The second kappa shape index (κ2) is 30.3. The molecular weight excluding hydrogens is 655 g/mol. The predicted octanol–water partition coefficient (Wildman–Crippen LogP) is 10.7. The number of rotatable bonds is 12. The van der Waals surface area contributed by atoms with Crippen LogP contribution in [0.25, 0.3) is 0 Å². The quantitative estimate of drug-likeness (QED) is 0.177. The fourth-order valence-corrected chi connectivity index (χ4v) is 5.73. The van der Waals surface area contributed by atoms with Gasteiger partial charge in [0.2, 0.25) is 7.37 Å². The third-order valence-electron chi connectivity index (χ3n) is 5.49. The van der Waals surface area contributed by atoms with E-state index in [9.17, 15) is 22.8 Å². The van der Waals surface area contributed by atoms with Crippen molar-refractivity contribution in [3.8, 4) is 0 Å². The highest BCUT2D eigenvalue weighted by atomic mass is 31.2. The van der Waals surface area contributed by atoms with Crippen molar-refractivity contribution in [2.45, 2.75) is 89.2 Å². The molecule has 16 heteroatoms. The molecule has 0 spiro atoms. The van der Waals surface area contributed by atoms with Crippen molar-refractivity contribution in [3.63, 3.8) is 0 Å². The Labute approximate surface area is 267 Å². The average molecular weight is 727 g/mol. The zero-order valence-corrected chi connectivity index (χ0v) is 32.8. The first kappa shape index (κ1) is 56.3. The molecule has 0 N–H and O–H groups in total. The van der Waals surface area contributed by atoms with E-state index < -0.39 is 37.1 Å². The molecule has 0 aliphatic carbocycles. The van der Waals surface area contributed by atoms with Crippen molar-refractivity contribution in [1.29, 1.82) is 0 Å². The maximum absolute atomic E-state index is 11.3. The molecule has 11 nitrogen and oxygen atoms in total. The maximum atomic E-state index is 11.3. The van der Waals surface area contributed by atoms with Gasteiger partial charge in [0.15, 0.2) is 22.1 Å². The van der Waals surface area contributed by atoms with E-state index in [-0.39, 0.29) is 20.5 Å². The molecule has 0 amide bonds. The summed E-state index contributed by atoms with van der Waals surface area (Å²) < 4.78 is 84.6. The molecule has 4 unspecified atom stereocenters. The van der Waals surface area contributed by atoms with Gasteiger partial charge in [-0.25, -0.2) is 0 Å². The van der Waals surface area contributed by atoms with Gasteiger partial charge in [-0.2, -0.15) is 0 Å². The zero-order chi connectivity index (χ0) is 33.4. The third kappa shape index (κ3) is 37.2. The summed E-state index contributed by atoms with van der Waals surface area (Å²) in [4.78, 5) is 0. The van der Waals surface area contributed by atoms with E-state index in [1.807, 2.05) is 62.3 Å². The van der Waals surface area contributed by atoms with Crippen molar-refractivity contribution in [2.24, 2.45) is 0 Å². The van der Waals surface area contributed by atoms with Crippen LogP contribution in [0, 0.1) is 0 Å². The fourth-order valence-electron chi connectivity index (χ4n) is 1.95. The molecule has 0 saturated carbocycles. The Morgan fingerprint density at radius 2 is 0.977 bits per heavy atom. The van der Waals surface area contributed by atoms with Gasteiger partial charge < -0.3 is 27.1 Å². The van der Waals surface area contributed by atoms with Gasteiger partial charge in [0.25, 0.3) is 0 Å². The zero-order valence-electron chi connectivity index (χ0n) is 28.4. The van der Waals surface area contributed by atoms with Gasteiger partial charge in [-0.05, 0) is 27.2 Å². The fraction of sp³-hybridized carbons (Fsp3) is 1.00. The Kier molecular flexibility index (Phi) is 39.6. The molecule has 0 aromatic carbocycles. The van der Waals surface area contributed by atoms with Crippen molar-refractivity contribution in [2.75, 3.05) is 91.5 Å². The Bertz CT molecular complexity index is 815. The van der Waals surface area contributed by atoms with E-state index in [4.69, 9.17) is 22.6 Å². The SMILES string of the molecule is C.C.CCOP(C)(=O)C(C)C.CCOP(C)(=O)CC.CCOP(C)(=O)CC.CCP(C)(=O)OC.CCP1(=O)OCCCO1. The first-order valence-corrected chi connectivity index (χ1v) is 24.9. The van der Waals surface area contributed by atoms with Crippen LogP contribution in [0.1, 0.15) is 83.6 Å². The van der Waals surface area contributed by atoms with Crippen LogP contribution in [0.2, 0.25) is 0 Å². The minimum absolute atomic E-state index is 0. The normalized spacial score (nSPS) is 18.9. The first-order valence-electron chi connectivity index (χ1n) is 14.3. The van der Waals surface area contributed by atoms with E-state index >= 15 is 0 Å². The Morgan fingerprint density at radius 1 is 0.651 bits per heavy atom. The van der Waals surface area contributed by atoms with Crippen molar-refractivity contribution >= 4 is 37.1 Å². The summed E-state index contributed by atoms with van der Waals surface area (Å²) in [6.45, 7) is 26.3. The van der Waals surface area contributed by atoms with Crippen LogP contribution >= 0.6 is 37.1 Å². The molecule has 270 valence electrons. The average Bonchev–Trinajstić information content (AvgIpc) is 2.90. The van der Waals surface area contributed by atoms with Gasteiger partial charge in [-0.1, -0.05) is 56.4 Å². The third-order valence-corrected chi connectivity index (χ3v) is 15.9. The molecule has 1 saturated heterocycles. The van der Waals surface area contributed by atoms with E-state index in [1.54, 1.807) is 26.7 Å². The largest absolute Gasteiger partial charge is 0.332 e. The predicted molar refractivity (Wildman–Crippen MR) is 191 cm³/mol. The topological polar surface area (TPSA) is 141 Å². The summed E-state index contributed by atoms with van der Waals surface area (Å²) in [5, 5.41) is 0.